The monoisotopic (exact) mass is 301 g/mol. The highest BCUT2D eigenvalue weighted by atomic mass is 19.4. The molecule has 1 fully saturated rings. The molecule has 0 radical (unpaired) electrons. The zero-order chi connectivity index (χ0) is 15.6. The molecule has 1 aromatic rings. The number of amides is 1. The highest BCUT2D eigenvalue weighted by molar-refractivity contribution is 5.96. The van der Waals surface area contributed by atoms with Crippen molar-refractivity contribution in [1.29, 1.82) is 0 Å². The zero-order valence-electron chi connectivity index (χ0n) is 11.0. The van der Waals surface area contributed by atoms with Gasteiger partial charge in [-0.15, -0.1) is 0 Å². The summed E-state index contributed by atoms with van der Waals surface area (Å²) in [7, 11) is 0. The average molecular weight is 301 g/mol. The number of aliphatic carboxylic acids is 1. The minimum absolute atomic E-state index is 0.0375. The second-order valence-electron chi connectivity index (χ2n) is 5.07. The van der Waals surface area contributed by atoms with E-state index >= 15 is 0 Å². The summed E-state index contributed by atoms with van der Waals surface area (Å²) in [5, 5.41) is 11.3. The van der Waals surface area contributed by atoms with Crippen molar-refractivity contribution in [2.45, 2.75) is 25.4 Å². The van der Waals surface area contributed by atoms with E-state index in [0.29, 0.717) is 12.8 Å². The molecule has 0 bridgehead atoms. The van der Waals surface area contributed by atoms with Crippen LogP contribution in [0.4, 0.5) is 18.9 Å². The molecule has 21 heavy (non-hydrogen) atoms. The van der Waals surface area contributed by atoms with E-state index in [1.54, 1.807) is 0 Å². The summed E-state index contributed by atoms with van der Waals surface area (Å²) in [6.45, 7) is 0. The lowest BCUT2D eigenvalue weighted by Gasteiger charge is -2.32. The minimum Gasteiger partial charge on any atom is -0.481 e. The van der Waals surface area contributed by atoms with E-state index < -0.39 is 36.3 Å². The molecule has 1 aliphatic carbocycles. The van der Waals surface area contributed by atoms with Crippen LogP contribution in [0.1, 0.15) is 18.4 Å². The topological polar surface area (TPSA) is 66.4 Å². The van der Waals surface area contributed by atoms with E-state index in [1.807, 2.05) is 0 Å². The Morgan fingerprint density at radius 1 is 1.19 bits per heavy atom. The molecule has 2 N–H and O–H groups in total. The van der Waals surface area contributed by atoms with Crippen LogP contribution in [0.25, 0.3) is 0 Å². The molecule has 4 nitrogen and oxygen atoms in total. The molecule has 0 saturated heterocycles. The van der Waals surface area contributed by atoms with Crippen LogP contribution in [0.2, 0.25) is 0 Å². The first kappa shape index (κ1) is 15.3. The van der Waals surface area contributed by atoms with Crippen molar-refractivity contribution in [2.24, 2.45) is 11.8 Å². The fourth-order valence-electron chi connectivity index (χ4n) is 2.35. The number of carboxylic acid groups (broad SMARTS) is 1. The number of carbonyl (C=O) groups excluding carboxylic acids is 1. The Balaban J connectivity index is 2.09. The van der Waals surface area contributed by atoms with Crippen molar-refractivity contribution in [2.75, 3.05) is 5.32 Å². The number of para-hydroxylation sites is 1. The van der Waals surface area contributed by atoms with Gasteiger partial charge in [-0.3, -0.25) is 9.59 Å². The first-order chi connectivity index (χ1) is 9.78. The van der Waals surface area contributed by atoms with E-state index in [-0.39, 0.29) is 11.3 Å². The Morgan fingerprint density at radius 3 is 2.33 bits per heavy atom. The highest BCUT2D eigenvalue weighted by Crippen LogP contribution is 2.36. The number of rotatable bonds is 4. The molecule has 0 heterocycles. The van der Waals surface area contributed by atoms with E-state index in [0.717, 1.165) is 0 Å². The molecule has 2 atom stereocenters. The van der Waals surface area contributed by atoms with Crippen LogP contribution in [0.5, 0.6) is 0 Å². The quantitative estimate of drug-likeness (QED) is 0.898. The lowest BCUT2D eigenvalue weighted by atomic mass is 9.73. The number of carbonyl (C=O) groups is 2. The van der Waals surface area contributed by atoms with Crippen molar-refractivity contribution in [3.8, 4) is 0 Å². The number of hydrogen-bond acceptors (Lipinski definition) is 2. The van der Waals surface area contributed by atoms with Crippen LogP contribution < -0.4 is 5.32 Å². The molecule has 1 aromatic carbocycles. The third kappa shape index (κ3) is 3.74. The molecular formula is C14H14F3NO3. The van der Waals surface area contributed by atoms with Gasteiger partial charge in [-0.2, -0.15) is 13.2 Å². The molecule has 1 aliphatic rings. The smallest absolute Gasteiger partial charge is 0.393 e. The van der Waals surface area contributed by atoms with E-state index in [9.17, 15) is 22.8 Å². The first-order valence-corrected chi connectivity index (χ1v) is 6.46. The van der Waals surface area contributed by atoms with Crippen LogP contribution >= 0.6 is 0 Å². The standard InChI is InChI=1S/C14H14F3NO3/c15-14(16,17)7-8-3-1-2-4-11(8)18-12(19)9-5-6-10(9)13(20)21/h1-4,9-10H,5-7H2,(H,18,19)(H,20,21). The van der Waals surface area contributed by atoms with Gasteiger partial charge < -0.3 is 10.4 Å². The summed E-state index contributed by atoms with van der Waals surface area (Å²) in [6.07, 6.45) is -4.67. The van der Waals surface area contributed by atoms with E-state index in [1.165, 1.54) is 24.3 Å². The van der Waals surface area contributed by atoms with Gasteiger partial charge in [0.25, 0.3) is 0 Å². The van der Waals surface area contributed by atoms with Gasteiger partial charge in [-0.1, -0.05) is 18.2 Å². The average Bonchev–Trinajstić information content (AvgIpc) is 2.27. The summed E-state index contributed by atoms with van der Waals surface area (Å²) in [5.41, 5.74) is 0.0420. The number of benzene rings is 1. The van der Waals surface area contributed by atoms with Crippen molar-refractivity contribution in [3.05, 3.63) is 29.8 Å². The molecule has 1 amide bonds. The molecule has 0 aliphatic heterocycles. The van der Waals surface area contributed by atoms with Gasteiger partial charge in [0.1, 0.15) is 0 Å². The Hall–Kier alpha value is -2.05. The van der Waals surface area contributed by atoms with Crippen LogP contribution in [0.15, 0.2) is 24.3 Å². The fraction of sp³-hybridized carbons (Fsp3) is 0.429. The normalized spacial score (nSPS) is 21.5. The number of halogens is 3. The van der Waals surface area contributed by atoms with Gasteiger partial charge >= 0.3 is 12.1 Å². The summed E-state index contributed by atoms with van der Waals surface area (Å²) in [6, 6.07) is 5.65. The summed E-state index contributed by atoms with van der Waals surface area (Å²) >= 11 is 0. The maximum absolute atomic E-state index is 12.5. The maximum atomic E-state index is 12.5. The Morgan fingerprint density at radius 2 is 1.81 bits per heavy atom. The van der Waals surface area contributed by atoms with Crippen molar-refractivity contribution < 1.29 is 27.9 Å². The molecule has 2 unspecified atom stereocenters. The summed E-state index contributed by atoms with van der Waals surface area (Å²) in [4.78, 5) is 22.8. The third-order valence-electron chi connectivity index (χ3n) is 3.59. The van der Waals surface area contributed by atoms with Crippen LogP contribution in [0.3, 0.4) is 0 Å². The van der Waals surface area contributed by atoms with Gasteiger partial charge in [0.15, 0.2) is 0 Å². The highest BCUT2D eigenvalue weighted by Gasteiger charge is 2.41. The SMILES string of the molecule is O=C(O)C1CCC1C(=O)Nc1ccccc1CC(F)(F)F. The number of anilines is 1. The van der Waals surface area contributed by atoms with Crippen molar-refractivity contribution in [1.82, 2.24) is 0 Å². The second kappa shape index (κ2) is 5.75. The Kier molecular flexibility index (Phi) is 4.20. The van der Waals surface area contributed by atoms with Gasteiger partial charge in [0.2, 0.25) is 5.91 Å². The van der Waals surface area contributed by atoms with E-state index in [4.69, 9.17) is 5.11 Å². The number of alkyl halides is 3. The Labute approximate surface area is 119 Å². The predicted octanol–water partition coefficient (Wildman–Crippen LogP) is 2.84. The minimum atomic E-state index is -4.37. The Bertz CT molecular complexity index is 557. The lowest BCUT2D eigenvalue weighted by Crippen LogP contribution is -2.41. The first-order valence-electron chi connectivity index (χ1n) is 6.46. The molecule has 0 spiro atoms. The van der Waals surface area contributed by atoms with Crippen molar-refractivity contribution >= 4 is 17.6 Å². The van der Waals surface area contributed by atoms with Crippen LogP contribution in [0, 0.1) is 11.8 Å². The molecule has 0 aromatic heterocycles. The molecule has 7 heteroatoms. The number of nitrogens with one attached hydrogen (secondary N) is 1. The zero-order valence-corrected chi connectivity index (χ0v) is 11.0. The van der Waals surface area contributed by atoms with Gasteiger partial charge in [-0.05, 0) is 24.5 Å². The van der Waals surface area contributed by atoms with Crippen LogP contribution in [-0.2, 0) is 16.0 Å². The largest absolute Gasteiger partial charge is 0.481 e. The fourth-order valence-corrected chi connectivity index (χ4v) is 2.35. The van der Waals surface area contributed by atoms with Gasteiger partial charge in [0.05, 0.1) is 18.3 Å². The lowest BCUT2D eigenvalue weighted by molar-refractivity contribution is -0.151. The maximum Gasteiger partial charge on any atom is 0.393 e. The second-order valence-corrected chi connectivity index (χ2v) is 5.07. The number of hydrogen-bond donors (Lipinski definition) is 2. The summed E-state index contributed by atoms with van der Waals surface area (Å²) < 4.78 is 37.4. The summed E-state index contributed by atoms with van der Waals surface area (Å²) in [5.74, 6) is -3.02. The van der Waals surface area contributed by atoms with Gasteiger partial charge in [0, 0.05) is 5.69 Å². The number of carboxylic acids is 1. The van der Waals surface area contributed by atoms with Crippen molar-refractivity contribution in [3.63, 3.8) is 0 Å². The predicted molar refractivity (Wildman–Crippen MR) is 68.7 cm³/mol. The van der Waals surface area contributed by atoms with Crippen LogP contribution in [-0.4, -0.2) is 23.2 Å². The van der Waals surface area contributed by atoms with Gasteiger partial charge in [-0.25, -0.2) is 0 Å². The molecule has 2 rings (SSSR count). The van der Waals surface area contributed by atoms with E-state index in [2.05, 4.69) is 5.32 Å². The molecular weight excluding hydrogens is 287 g/mol. The third-order valence-corrected chi connectivity index (χ3v) is 3.59. The molecule has 114 valence electrons. The molecule has 1 saturated carbocycles.